The normalized spacial score (nSPS) is 12.5. The van der Waals surface area contributed by atoms with Crippen molar-refractivity contribution >= 4 is 15.9 Å². The van der Waals surface area contributed by atoms with Gasteiger partial charge in [-0.1, -0.05) is 13.3 Å². The first-order valence-electron chi connectivity index (χ1n) is 4.50. The zero-order valence-corrected chi connectivity index (χ0v) is 9.54. The number of aromatic nitrogens is 1. The van der Waals surface area contributed by atoms with Crippen LogP contribution in [0.25, 0.3) is 0 Å². The van der Waals surface area contributed by atoms with Crippen LogP contribution < -0.4 is 4.74 Å². The highest BCUT2D eigenvalue weighted by molar-refractivity contribution is 9.10. The summed E-state index contributed by atoms with van der Waals surface area (Å²) in [4.78, 5) is 3.97. The lowest BCUT2D eigenvalue weighted by molar-refractivity contribution is 0.208. The van der Waals surface area contributed by atoms with Crippen LogP contribution in [-0.4, -0.2) is 11.1 Å². The second kappa shape index (κ2) is 5.22. The van der Waals surface area contributed by atoms with Gasteiger partial charge in [0, 0.05) is 12.4 Å². The van der Waals surface area contributed by atoms with Crippen molar-refractivity contribution in [3.8, 4) is 5.75 Å². The number of hydrogen-bond acceptors (Lipinski definition) is 2. The topological polar surface area (TPSA) is 22.1 Å². The standard InChI is InChI=1S/C10H14BrNO/c1-3-4-8(2)13-10-5-6-12-7-9(10)11/h5-8H,3-4H2,1-2H3. The van der Waals surface area contributed by atoms with Gasteiger partial charge in [-0.15, -0.1) is 0 Å². The van der Waals surface area contributed by atoms with E-state index < -0.39 is 0 Å². The predicted octanol–water partition coefficient (Wildman–Crippen LogP) is 3.41. The van der Waals surface area contributed by atoms with E-state index in [1.807, 2.05) is 6.07 Å². The Kier molecular flexibility index (Phi) is 4.22. The van der Waals surface area contributed by atoms with Crippen LogP contribution in [0.1, 0.15) is 26.7 Å². The van der Waals surface area contributed by atoms with E-state index in [1.165, 1.54) is 0 Å². The van der Waals surface area contributed by atoms with Crippen molar-refractivity contribution < 1.29 is 4.74 Å². The van der Waals surface area contributed by atoms with E-state index in [2.05, 4.69) is 34.8 Å². The van der Waals surface area contributed by atoms with Crippen LogP contribution in [0, 0.1) is 0 Å². The molecule has 0 amide bonds. The Balaban J connectivity index is 2.58. The molecule has 0 aliphatic carbocycles. The summed E-state index contributed by atoms with van der Waals surface area (Å²) in [6, 6.07) is 1.87. The van der Waals surface area contributed by atoms with E-state index in [-0.39, 0.29) is 6.10 Å². The number of rotatable bonds is 4. The van der Waals surface area contributed by atoms with Crippen molar-refractivity contribution in [2.75, 3.05) is 0 Å². The molecule has 13 heavy (non-hydrogen) atoms. The van der Waals surface area contributed by atoms with Crippen LogP contribution in [-0.2, 0) is 0 Å². The zero-order valence-electron chi connectivity index (χ0n) is 7.96. The van der Waals surface area contributed by atoms with Gasteiger partial charge in [-0.3, -0.25) is 4.98 Å². The molecule has 1 heterocycles. The molecule has 72 valence electrons. The van der Waals surface area contributed by atoms with Crippen molar-refractivity contribution in [1.29, 1.82) is 0 Å². The third-order valence-corrected chi connectivity index (χ3v) is 2.35. The summed E-state index contributed by atoms with van der Waals surface area (Å²) in [7, 11) is 0. The lowest BCUT2D eigenvalue weighted by Crippen LogP contribution is -2.11. The van der Waals surface area contributed by atoms with E-state index in [0.717, 1.165) is 23.1 Å². The van der Waals surface area contributed by atoms with Gasteiger partial charge in [0.15, 0.2) is 0 Å². The summed E-state index contributed by atoms with van der Waals surface area (Å²) in [6.45, 7) is 4.23. The van der Waals surface area contributed by atoms with Crippen molar-refractivity contribution in [3.05, 3.63) is 22.9 Å². The molecule has 0 N–H and O–H groups in total. The van der Waals surface area contributed by atoms with E-state index in [9.17, 15) is 0 Å². The minimum absolute atomic E-state index is 0.267. The first-order valence-corrected chi connectivity index (χ1v) is 5.29. The minimum atomic E-state index is 0.267. The fraction of sp³-hybridized carbons (Fsp3) is 0.500. The molecule has 0 aliphatic rings. The number of nitrogens with zero attached hydrogens (tertiary/aromatic N) is 1. The van der Waals surface area contributed by atoms with Crippen LogP contribution in [0.2, 0.25) is 0 Å². The van der Waals surface area contributed by atoms with Gasteiger partial charge in [-0.2, -0.15) is 0 Å². The third kappa shape index (κ3) is 3.35. The summed E-state index contributed by atoms with van der Waals surface area (Å²) in [5, 5.41) is 0. The number of pyridine rings is 1. The lowest BCUT2D eigenvalue weighted by atomic mass is 10.2. The van der Waals surface area contributed by atoms with Gasteiger partial charge in [0.1, 0.15) is 5.75 Å². The molecule has 0 radical (unpaired) electrons. The van der Waals surface area contributed by atoms with Crippen LogP contribution in [0.5, 0.6) is 5.75 Å². The van der Waals surface area contributed by atoms with Gasteiger partial charge < -0.3 is 4.74 Å². The largest absolute Gasteiger partial charge is 0.489 e. The summed E-state index contributed by atoms with van der Waals surface area (Å²) in [5.41, 5.74) is 0. The highest BCUT2D eigenvalue weighted by atomic mass is 79.9. The van der Waals surface area contributed by atoms with Crippen LogP contribution in [0.15, 0.2) is 22.9 Å². The molecule has 1 aromatic rings. The van der Waals surface area contributed by atoms with Crippen LogP contribution in [0.3, 0.4) is 0 Å². The lowest BCUT2D eigenvalue weighted by Gasteiger charge is -2.14. The molecule has 0 aliphatic heterocycles. The van der Waals surface area contributed by atoms with E-state index in [1.54, 1.807) is 12.4 Å². The molecule has 0 saturated heterocycles. The summed E-state index contributed by atoms with van der Waals surface area (Å²) < 4.78 is 6.61. The summed E-state index contributed by atoms with van der Waals surface area (Å²) in [6.07, 6.45) is 5.97. The van der Waals surface area contributed by atoms with Gasteiger partial charge in [0.25, 0.3) is 0 Å². The van der Waals surface area contributed by atoms with Crippen molar-refractivity contribution in [3.63, 3.8) is 0 Å². The second-order valence-corrected chi connectivity index (χ2v) is 3.88. The molecular formula is C10H14BrNO. The maximum atomic E-state index is 5.70. The van der Waals surface area contributed by atoms with Gasteiger partial charge in [0.05, 0.1) is 10.6 Å². The van der Waals surface area contributed by atoms with Gasteiger partial charge in [-0.05, 0) is 35.3 Å². The van der Waals surface area contributed by atoms with Crippen molar-refractivity contribution in [2.24, 2.45) is 0 Å². The maximum Gasteiger partial charge on any atom is 0.136 e. The smallest absolute Gasteiger partial charge is 0.136 e. The molecule has 0 spiro atoms. The summed E-state index contributed by atoms with van der Waals surface area (Å²) in [5.74, 6) is 0.871. The third-order valence-electron chi connectivity index (χ3n) is 1.76. The maximum absolute atomic E-state index is 5.70. The Hall–Kier alpha value is -0.570. The van der Waals surface area contributed by atoms with Crippen LogP contribution >= 0.6 is 15.9 Å². The Bertz CT molecular complexity index is 265. The highest BCUT2D eigenvalue weighted by Gasteiger charge is 2.05. The Morgan fingerprint density at radius 2 is 2.38 bits per heavy atom. The zero-order chi connectivity index (χ0) is 9.68. The average Bonchev–Trinajstić information content (AvgIpc) is 2.09. The molecule has 0 fully saturated rings. The van der Waals surface area contributed by atoms with E-state index in [4.69, 9.17) is 4.74 Å². The Morgan fingerprint density at radius 3 is 3.00 bits per heavy atom. The van der Waals surface area contributed by atoms with Crippen molar-refractivity contribution in [1.82, 2.24) is 4.98 Å². The molecule has 1 aromatic heterocycles. The molecule has 0 aromatic carbocycles. The van der Waals surface area contributed by atoms with E-state index >= 15 is 0 Å². The Morgan fingerprint density at radius 1 is 1.62 bits per heavy atom. The van der Waals surface area contributed by atoms with Gasteiger partial charge in [-0.25, -0.2) is 0 Å². The molecule has 1 atom stereocenters. The first kappa shape index (κ1) is 10.5. The predicted molar refractivity (Wildman–Crippen MR) is 56.9 cm³/mol. The molecular weight excluding hydrogens is 230 g/mol. The molecule has 0 bridgehead atoms. The summed E-state index contributed by atoms with van der Waals surface area (Å²) >= 11 is 3.39. The monoisotopic (exact) mass is 243 g/mol. The molecule has 2 nitrogen and oxygen atoms in total. The number of halogens is 1. The molecule has 0 saturated carbocycles. The number of hydrogen-bond donors (Lipinski definition) is 0. The van der Waals surface area contributed by atoms with Gasteiger partial charge in [0.2, 0.25) is 0 Å². The minimum Gasteiger partial charge on any atom is -0.489 e. The SMILES string of the molecule is CCCC(C)Oc1ccncc1Br. The molecule has 1 rings (SSSR count). The van der Waals surface area contributed by atoms with Crippen molar-refractivity contribution in [2.45, 2.75) is 32.8 Å². The first-order chi connectivity index (χ1) is 6.24. The fourth-order valence-electron chi connectivity index (χ4n) is 1.14. The van der Waals surface area contributed by atoms with Crippen LogP contribution in [0.4, 0.5) is 0 Å². The highest BCUT2D eigenvalue weighted by Crippen LogP contribution is 2.24. The quantitative estimate of drug-likeness (QED) is 0.809. The molecule has 3 heteroatoms. The average molecular weight is 244 g/mol. The number of ether oxygens (including phenoxy) is 1. The molecule has 1 unspecified atom stereocenters. The van der Waals surface area contributed by atoms with E-state index in [0.29, 0.717) is 0 Å². The second-order valence-electron chi connectivity index (χ2n) is 3.02. The Labute approximate surface area is 87.5 Å². The van der Waals surface area contributed by atoms with Gasteiger partial charge >= 0.3 is 0 Å². The fourth-order valence-corrected chi connectivity index (χ4v) is 1.48.